The van der Waals surface area contributed by atoms with Crippen LogP contribution in [0.15, 0.2) is 46.5 Å². The third-order valence-corrected chi connectivity index (χ3v) is 4.82. The summed E-state index contributed by atoms with van der Waals surface area (Å²) in [5.74, 6) is 0. The molecule has 0 atom stereocenters. The number of nitrogens with one attached hydrogen (secondary N) is 1. The first kappa shape index (κ1) is 14.5. The topological polar surface area (TPSA) is 83.1 Å². The number of rotatable bonds is 4. The van der Waals surface area contributed by atoms with E-state index in [2.05, 4.69) is 9.97 Å². The minimum absolute atomic E-state index is 0.0687. The number of aromatic nitrogens is 2. The number of H-pyrrole nitrogens is 1. The van der Waals surface area contributed by atoms with Crippen molar-refractivity contribution >= 4 is 27.3 Å². The van der Waals surface area contributed by atoms with Gasteiger partial charge in [-0.1, -0.05) is 11.6 Å². The molecule has 0 unspecified atom stereocenters. The molecule has 2 rings (SSSR count). The summed E-state index contributed by atoms with van der Waals surface area (Å²) in [6.45, 7) is 1.95. The van der Waals surface area contributed by atoms with Gasteiger partial charge in [0.1, 0.15) is 9.92 Å². The molecule has 0 radical (unpaired) electrons. The molecule has 0 spiro atoms. The van der Waals surface area contributed by atoms with E-state index in [1.54, 1.807) is 19.1 Å². The molecule has 106 valence electrons. The Morgan fingerprint density at radius 1 is 1.35 bits per heavy atom. The van der Waals surface area contributed by atoms with E-state index in [1.165, 1.54) is 16.7 Å². The largest absolute Gasteiger partial charge is 0.326 e. The highest BCUT2D eigenvalue weighted by Gasteiger charge is 2.24. The van der Waals surface area contributed by atoms with Crippen molar-refractivity contribution in [3.63, 3.8) is 0 Å². The third-order valence-electron chi connectivity index (χ3n) is 2.66. The first-order valence-corrected chi connectivity index (χ1v) is 7.59. The molecule has 0 amide bonds. The van der Waals surface area contributed by atoms with Crippen LogP contribution in [0.3, 0.4) is 0 Å². The summed E-state index contributed by atoms with van der Waals surface area (Å²) < 4.78 is 26.3. The van der Waals surface area contributed by atoms with Crippen LogP contribution in [0.5, 0.6) is 0 Å². The van der Waals surface area contributed by atoms with E-state index in [9.17, 15) is 13.2 Å². The molecule has 0 aliphatic heterocycles. The van der Waals surface area contributed by atoms with Gasteiger partial charge in [0.05, 0.1) is 5.69 Å². The molecule has 0 bridgehead atoms. The van der Waals surface area contributed by atoms with Gasteiger partial charge in [-0.25, -0.2) is 8.42 Å². The van der Waals surface area contributed by atoms with Crippen molar-refractivity contribution in [2.75, 3.05) is 10.8 Å². The fraction of sp³-hybridized carbons (Fsp3) is 0.167. The lowest BCUT2D eigenvalue weighted by molar-refractivity contribution is 0.591. The Labute approximate surface area is 121 Å². The zero-order valence-corrected chi connectivity index (χ0v) is 12.1. The van der Waals surface area contributed by atoms with Gasteiger partial charge in [-0.15, -0.1) is 0 Å². The van der Waals surface area contributed by atoms with Crippen LogP contribution in [0, 0.1) is 0 Å². The lowest BCUT2D eigenvalue weighted by Gasteiger charge is -2.22. The number of pyridine rings is 2. The van der Waals surface area contributed by atoms with E-state index >= 15 is 0 Å². The summed E-state index contributed by atoms with van der Waals surface area (Å²) in [6.07, 6.45) is 4.15. The molecule has 0 fully saturated rings. The van der Waals surface area contributed by atoms with Crippen molar-refractivity contribution in [3.05, 3.63) is 52.2 Å². The van der Waals surface area contributed by atoms with Gasteiger partial charge in [0, 0.05) is 25.1 Å². The van der Waals surface area contributed by atoms with Gasteiger partial charge >= 0.3 is 0 Å². The molecule has 0 saturated heterocycles. The second-order valence-corrected chi connectivity index (χ2v) is 6.16. The summed E-state index contributed by atoms with van der Waals surface area (Å²) in [7, 11) is -3.79. The second kappa shape index (κ2) is 5.64. The lowest BCUT2D eigenvalue weighted by Crippen LogP contribution is -2.31. The van der Waals surface area contributed by atoms with Crippen molar-refractivity contribution in [2.24, 2.45) is 0 Å². The Kier molecular flexibility index (Phi) is 4.10. The van der Waals surface area contributed by atoms with Crippen molar-refractivity contribution < 1.29 is 8.42 Å². The van der Waals surface area contributed by atoms with E-state index in [-0.39, 0.29) is 16.5 Å². The maximum absolute atomic E-state index is 12.6. The summed E-state index contributed by atoms with van der Waals surface area (Å²) in [6, 6.07) is 4.32. The minimum Gasteiger partial charge on any atom is -0.326 e. The van der Waals surface area contributed by atoms with Gasteiger partial charge < -0.3 is 4.98 Å². The van der Waals surface area contributed by atoms with E-state index in [4.69, 9.17) is 11.6 Å². The molecule has 2 heterocycles. The fourth-order valence-corrected chi connectivity index (χ4v) is 3.42. The Hall–Kier alpha value is -1.86. The first-order chi connectivity index (χ1) is 9.46. The Morgan fingerprint density at radius 2 is 2.00 bits per heavy atom. The number of hydrogen-bond acceptors (Lipinski definition) is 4. The Balaban J connectivity index is 2.52. The van der Waals surface area contributed by atoms with Gasteiger partial charge in [-0.3, -0.25) is 14.1 Å². The number of nitrogens with zero attached hydrogens (tertiary/aromatic N) is 2. The number of hydrogen-bond donors (Lipinski definition) is 1. The predicted octanol–water partition coefficient (Wildman–Crippen LogP) is 1.64. The van der Waals surface area contributed by atoms with Crippen LogP contribution in [0.1, 0.15) is 6.92 Å². The molecule has 8 heteroatoms. The smallest absolute Gasteiger partial charge is 0.266 e. The van der Waals surface area contributed by atoms with Crippen molar-refractivity contribution in [1.82, 2.24) is 9.97 Å². The van der Waals surface area contributed by atoms with Gasteiger partial charge in [-0.05, 0) is 25.1 Å². The van der Waals surface area contributed by atoms with E-state index in [0.717, 1.165) is 12.3 Å². The molecular formula is C12H12ClN3O3S. The fourth-order valence-electron chi connectivity index (χ4n) is 1.72. The first-order valence-electron chi connectivity index (χ1n) is 5.78. The molecule has 1 N–H and O–H groups in total. The molecule has 0 aliphatic rings. The van der Waals surface area contributed by atoms with Crippen molar-refractivity contribution in [3.8, 4) is 0 Å². The van der Waals surface area contributed by atoms with Crippen molar-refractivity contribution in [1.29, 1.82) is 0 Å². The SMILES string of the molecule is CCN(c1ccncc1)S(=O)(=O)c1c[nH]c(=O)c(Cl)c1. The molecule has 2 aromatic heterocycles. The quantitative estimate of drug-likeness (QED) is 0.930. The predicted molar refractivity (Wildman–Crippen MR) is 76.5 cm³/mol. The van der Waals surface area contributed by atoms with E-state index in [1.807, 2.05) is 0 Å². The number of anilines is 1. The van der Waals surface area contributed by atoms with Crippen LogP contribution in [0.2, 0.25) is 5.02 Å². The lowest BCUT2D eigenvalue weighted by atomic mass is 10.4. The van der Waals surface area contributed by atoms with Crippen LogP contribution in [0.25, 0.3) is 0 Å². The summed E-state index contributed by atoms with van der Waals surface area (Å²) >= 11 is 5.68. The molecule has 6 nitrogen and oxygen atoms in total. The van der Waals surface area contributed by atoms with Crippen LogP contribution >= 0.6 is 11.6 Å². The number of halogens is 1. The summed E-state index contributed by atoms with van der Waals surface area (Å²) in [5.41, 5.74) is -0.0394. The molecule has 0 saturated carbocycles. The van der Waals surface area contributed by atoms with E-state index < -0.39 is 15.6 Å². The van der Waals surface area contributed by atoms with Gasteiger partial charge in [0.2, 0.25) is 0 Å². The minimum atomic E-state index is -3.79. The molecule has 0 aromatic carbocycles. The van der Waals surface area contributed by atoms with Crippen molar-refractivity contribution in [2.45, 2.75) is 11.8 Å². The highest BCUT2D eigenvalue weighted by atomic mass is 35.5. The highest BCUT2D eigenvalue weighted by Crippen LogP contribution is 2.22. The zero-order chi connectivity index (χ0) is 14.8. The van der Waals surface area contributed by atoms with E-state index in [0.29, 0.717) is 5.69 Å². The third kappa shape index (κ3) is 2.68. The van der Waals surface area contributed by atoms with Crippen LogP contribution in [-0.4, -0.2) is 24.9 Å². The standard InChI is InChI=1S/C12H12ClN3O3S/c1-2-16(9-3-5-14-6-4-9)20(18,19)10-7-11(13)12(17)15-8-10/h3-8H,2H2,1H3,(H,15,17). The zero-order valence-electron chi connectivity index (χ0n) is 10.6. The molecular weight excluding hydrogens is 302 g/mol. The normalized spacial score (nSPS) is 11.3. The molecule has 0 aliphatic carbocycles. The maximum atomic E-state index is 12.6. The second-order valence-electron chi connectivity index (χ2n) is 3.89. The highest BCUT2D eigenvalue weighted by molar-refractivity contribution is 7.92. The van der Waals surface area contributed by atoms with Crippen LogP contribution in [-0.2, 0) is 10.0 Å². The Morgan fingerprint density at radius 3 is 2.55 bits per heavy atom. The monoisotopic (exact) mass is 313 g/mol. The molecule has 2 aromatic rings. The van der Waals surface area contributed by atoms with Crippen LogP contribution < -0.4 is 9.86 Å². The van der Waals surface area contributed by atoms with Gasteiger partial charge in [0.25, 0.3) is 15.6 Å². The van der Waals surface area contributed by atoms with Gasteiger partial charge in [0.15, 0.2) is 0 Å². The average Bonchev–Trinajstić information content (AvgIpc) is 2.43. The number of sulfonamides is 1. The maximum Gasteiger partial charge on any atom is 0.266 e. The average molecular weight is 314 g/mol. The van der Waals surface area contributed by atoms with Crippen LogP contribution in [0.4, 0.5) is 5.69 Å². The Bertz CT molecular complexity index is 759. The summed E-state index contributed by atoms with van der Waals surface area (Å²) in [5, 5.41) is -0.170. The van der Waals surface area contributed by atoms with Gasteiger partial charge in [-0.2, -0.15) is 0 Å². The number of aromatic amines is 1. The summed E-state index contributed by atoms with van der Waals surface area (Å²) in [4.78, 5) is 17.3. The molecule has 20 heavy (non-hydrogen) atoms.